The Hall–Kier alpha value is -1.07. The van der Waals surface area contributed by atoms with Crippen molar-refractivity contribution < 1.29 is 9.90 Å². The predicted molar refractivity (Wildman–Crippen MR) is 56.7 cm³/mol. The van der Waals surface area contributed by atoms with Gasteiger partial charge < -0.3 is 10.4 Å². The Labute approximate surface area is 93.0 Å². The Balaban J connectivity index is 2.33. The first-order chi connectivity index (χ1) is 7.13. The number of nitrogens with one attached hydrogen (secondary N) is 1. The number of rotatable bonds is 5. The van der Waals surface area contributed by atoms with Gasteiger partial charge in [0, 0.05) is 25.7 Å². The second kappa shape index (κ2) is 5.72. The summed E-state index contributed by atoms with van der Waals surface area (Å²) in [5, 5.41) is 15.8. The summed E-state index contributed by atoms with van der Waals surface area (Å²) in [5.41, 5.74) is 0.757. The minimum atomic E-state index is -0.103. The van der Waals surface area contributed by atoms with Gasteiger partial charge in [-0.3, -0.25) is 9.48 Å². The maximum absolute atomic E-state index is 11.2. The molecule has 0 aliphatic rings. The lowest BCUT2D eigenvalue weighted by Gasteiger charge is -2.02. The van der Waals surface area contributed by atoms with Crippen molar-refractivity contribution in [2.24, 2.45) is 0 Å². The molecule has 1 heterocycles. The molecule has 0 radical (unpaired) electrons. The zero-order valence-corrected chi connectivity index (χ0v) is 9.29. The van der Waals surface area contributed by atoms with Gasteiger partial charge in [-0.25, -0.2) is 0 Å². The lowest BCUT2D eigenvalue weighted by molar-refractivity contribution is -0.121. The van der Waals surface area contributed by atoms with Gasteiger partial charge in [0.25, 0.3) is 0 Å². The van der Waals surface area contributed by atoms with Crippen LogP contribution in [0.3, 0.4) is 0 Å². The van der Waals surface area contributed by atoms with E-state index in [0.717, 1.165) is 5.69 Å². The molecule has 0 saturated carbocycles. The monoisotopic (exact) mass is 231 g/mol. The van der Waals surface area contributed by atoms with Gasteiger partial charge in [0.05, 0.1) is 17.3 Å². The average molecular weight is 232 g/mol. The maximum atomic E-state index is 11.2. The molecule has 0 aromatic carbocycles. The van der Waals surface area contributed by atoms with Gasteiger partial charge in [-0.1, -0.05) is 11.6 Å². The van der Waals surface area contributed by atoms with Crippen molar-refractivity contribution in [3.05, 3.63) is 16.9 Å². The van der Waals surface area contributed by atoms with Crippen LogP contribution in [-0.2, 0) is 11.3 Å². The summed E-state index contributed by atoms with van der Waals surface area (Å²) >= 11 is 5.81. The first kappa shape index (κ1) is 12.0. The summed E-state index contributed by atoms with van der Waals surface area (Å²) in [6, 6.07) is 0. The van der Waals surface area contributed by atoms with Gasteiger partial charge in [0.1, 0.15) is 0 Å². The van der Waals surface area contributed by atoms with E-state index in [1.165, 1.54) is 0 Å². The highest BCUT2D eigenvalue weighted by atomic mass is 35.5. The van der Waals surface area contributed by atoms with Gasteiger partial charge in [-0.15, -0.1) is 0 Å². The van der Waals surface area contributed by atoms with E-state index in [1.807, 2.05) is 6.92 Å². The van der Waals surface area contributed by atoms with Crippen molar-refractivity contribution in [2.75, 3.05) is 13.2 Å². The SMILES string of the molecule is Cc1nn(CCC(=O)NCCO)cc1Cl. The van der Waals surface area contributed by atoms with Crippen LogP contribution < -0.4 is 5.32 Å². The largest absolute Gasteiger partial charge is 0.395 e. The van der Waals surface area contributed by atoms with Crippen molar-refractivity contribution in [3.8, 4) is 0 Å². The summed E-state index contributed by atoms with van der Waals surface area (Å²) in [5.74, 6) is -0.103. The zero-order valence-electron chi connectivity index (χ0n) is 8.53. The molecule has 6 heteroatoms. The molecule has 0 bridgehead atoms. The maximum Gasteiger partial charge on any atom is 0.221 e. The van der Waals surface area contributed by atoms with Crippen LogP contribution in [0.2, 0.25) is 5.02 Å². The third-order valence-electron chi connectivity index (χ3n) is 1.89. The van der Waals surface area contributed by atoms with Crippen LogP contribution in [0.15, 0.2) is 6.20 Å². The molecule has 1 rings (SSSR count). The quantitative estimate of drug-likeness (QED) is 0.768. The van der Waals surface area contributed by atoms with E-state index in [0.29, 0.717) is 18.0 Å². The van der Waals surface area contributed by atoms with Crippen LogP contribution in [0.4, 0.5) is 0 Å². The number of nitrogens with zero attached hydrogens (tertiary/aromatic N) is 2. The Morgan fingerprint density at radius 3 is 3.00 bits per heavy atom. The van der Waals surface area contributed by atoms with E-state index in [1.54, 1.807) is 10.9 Å². The van der Waals surface area contributed by atoms with Crippen LogP contribution in [0.1, 0.15) is 12.1 Å². The molecule has 0 atom stereocenters. The van der Waals surface area contributed by atoms with Gasteiger partial charge >= 0.3 is 0 Å². The number of carbonyl (C=O) groups excluding carboxylic acids is 1. The summed E-state index contributed by atoms with van der Waals surface area (Å²) in [7, 11) is 0. The fraction of sp³-hybridized carbons (Fsp3) is 0.556. The minimum absolute atomic E-state index is 0.0432. The van der Waals surface area contributed by atoms with Crippen molar-refractivity contribution >= 4 is 17.5 Å². The molecule has 0 unspecified atom stereocenters. The van der Waals surface area contributed by atoms with Crippen molar-refractivity contribution in [2.45, 2.75) is 19.9 Å². The van der Waals surface area contributed by atoms with E-state index in [4.69, 9.17) is 16.7 Å². The second-order valence-corrected chi connectivity index (χ2v) is 3.56. The Kier molecular flexibility index (Phi) is 4.58. The van der Waals surface area contributed by atoms with Gasteiger partial charge in [0.2, 0.25) is 5.91 Å². The van der Waals surface area contributed by atoms with E-state index in [-0.39, 0.29) is 19.1 Å². The minimum Gasteiger partial charge on any atom is -0.395 e. The lowest BCUT2D eigenvalue weighted by Crippen LogP contribution is -2.27. The highest BCUT2D eigenvalue weighted by Gasteiger charge is 2.04. The fourth-order valence-corrected chi connectivity index (χ4v) is 1.26. The molecule has 1 aromatic heterocycles. The third-order valence-corrected chi connectivity index (χ3v) is 2.26. The van der Waals surface area contributed by atoms with Crippen LogP contribution in [0.25, 0.3) is 0 Å². The molecule has 0 saturated heterocycles. The Morgan fingerprint density at radius 2 is 2.47 bits per heavy atom. The summed E-state index contributed by atoms with van der Waals surface area (Å²) in [6.07, 6.45) is 2.02. The van der Waals surface area contributed by atoms with E-state index >= 15 is 0 Å². The second-order valence-electron chi connectivity index (χ2n) is 3.15. The van der Waals surface area contributed by atoms with Crippen LogP contribution in [0, 0.1) is 6.92 Å². The van der Waals surface area contributed by atoms with Crippen LogP contribution >= 0.6 is 11.6 Å². The van der Waals surface area contributed by atoms with E-state index in [2.05, 4.69) is 10.4 Å². The number of amides is 1. The van der Waals surface area contributed by atoms with Gasteiger partial charge in [-0.05, 0) is 6.92 Å². The molecule has 0 aliphatic carbocycles. The predicted octanol–water partition coefficient (Wildman–Crippen LogP) is 0.344. The number of hydrogen-bond donors (Lipinski definition) is 2. The highest BCUT2D eigenvalue weighted by molar-refractivity contribution is 6.31. The standard InChI is InChI=1S/C9H14ClN3O2/c1-7-8(10)6-13(12-7)4-2-9(15)11-3-5-14/h6,14H,2-5H2,1H3,(H,11,15). The number of aliphatic hydroxyl groups excluding tert-OH is 1. The van der Waals surface area contributed by atoms with E-state index < -0.39 is 0 Å². The molecule has 84 valence electrons. The number of halogens is 1. The lowest BCUT2D eigenvalue weighted by atomic mass is 10.4. The van der Waals surface area contributed by atoms with Crippen LogP contribution in [0.5, 0.6) is 0 Å². The molecule has 0 fully saturated rings. The molecule has 1 aromatic rings. The normalized spacial score (nSPS) is 10.3. The molecule has 0 spiro atoms. The first-order valence-electron chi connectivity index (χ1n) is 4.70. The number of aliphatic hydroxyl groups is 1. The Bertz CT molecular complexity index is 319. The first-order valence-corrected chi connectivity index (χ1v) is 5.08. The van der Waals surface area contributed by atoms with Gasteiger partial charge in [-0.2, -0.15) is 5.10 Å². The Morgan fingerprint density at radius 1 is 1.73 bits per heavy atom. The molecular formula is C9H14ClN3O2. The summed E-state index contributed by atoms with van der Waals surface area (Å²) < 4.78 is 1.64. The molecular weight excluding hydrogens is 218 g/mol. The van der Waals surface area contributed by atoms with Crippen molar-refractivity contribution in [1.82, 2.24) is 15.1 Å². The average Bonchev–Trinajstić information content (AvgIpc) is 2.52. The molecule has 1 amide bonds. The molecule has 2 N–H and O–H groups in total. The summed E-state index contributed by atoms with van der Waals surface area (Å²) in [6.45, 7) is 2.55. The zero-order chi connectivity index (χ0) is 11.3. The number of carbonyl (C=O) groups is 1. The highest BCUT2D eigenvalue weighted by Crippen LogP contribution is 2.11. The molecule has 5 nitrogen and oxygen atoms in total. The van der Waals surface area contributed by atoms with Crippen molar-refractivity contribution in [1.29, 1.82) is 0 Å². The smallest absolute Gasteiger partial charge is 0.221 e. The van der Waals surface area contributed by atoms with Gasteiger partial charge in [0.15, 0.2) is 0 Å². The summed E-state index contributed by atoms with van der Waals surface area (Å²) in [4.78, 5) is 11.2. The molecule has 15 heavy (non-hydrogen) atoms. The van der Waals surface area contributed by atoms with E-state index in [9.17, 15) is 4.79 Å². The number of aryl methyl sites for hydroxylation is 2. The topological polar surface area (TPSA) is 67.2 Å². The third kappa shape index (κ3) is 3.89. The number of aromatic nitrogens is 2. The molecule has 0 aliphatic heterocycles. The van der Waals surface area contributed by atoms with Crippen LogP contribution in [-0.4, -0.2) is 33.9 Å². The fourth-order valence-electron chi connectivity index (χ4n) is 1.11. The van der Waals surface area contributed by atoms with Crippen molar-refractivity contribution in [3.63, 3.8) is 0 Å². The number of hydrogen-bond acceptors (Lipinski definition) is 3.